The third kappa shape index (κ3) is 5.26. The van der Waals surface area contributed by atoms with Gasteiger partial charge in [0.05, 0.1) is 4.90 Å². The maximum Gasteiger partial charge on any atom is 0.243 e. The molecular weight excluding hydrogens is 838 g/mol. The molecule has 282 valence electrons. The molecule has 1 heterocycles. The Labute approximate surface area is 297 Å². The van der Waals surface area contributed by atoms with Gasteiger partial charge < -0.3 is 0 Å². The van der Waals surface area contributed by atoms with Crippen molar-refractivity contribution in [2.24, 2.45) is 16.7 Å². The summed E-state index contributed by atoms with van der Waals surface area (Å²) in [6.45, 7) is -3.40. The quantitative estimate of drug-likeness (QED) is 0.0824. The van der Waals surface area contributed by atoms with Gasteiger partial charge in [0.25, 0.3) is 0 Å². The summed E-state index contributed by atoms with van der Waals surface area (Å²) in [7, 11) is -4.75. The monoisotopic (exact) mass is 853 g/mol. The van der Waals surface area contributed by atoms with Crippen LogP contribution in [-0.2, 0) is 10.0 Å². The van der Waals surface area contributed by atoms with Crippen molar-refractivity contribution >= 4 is 43.6 Å². The van der Waals surface area contributed by atoms with E-state index in [2.05, 4.69) is 15.9 Å². The van der Waals surface area contributed by atoms with E-state index in [0.717, 1.165) is 26.0 Å². The molecule has 1 saturated carbocycles. The summed E-state index contributed by atoms with van der Waals surface area (Å²) in [5.74, 6) is -48.6. The lowest BCUT2D eigenvalue weighted by molar-refractivity contribution is 0.281. The first-order valence-corrected chi connectivity index (χ1v) is 17.0. The summed E-state index contributed by atoms with van der Waals surface area (Å²) in [6, 6.07) is 4.61. The molecule has 2 fully saturated rings. The lowest BCUT2D eigenvalue weighted by Crippen LogP contribution is -2.58. The Morgan fingerprint density at radius 2 is 0.943 bits per heavy atom. The van der Waals surface area contributed by atoms with Crippen molar-refractivity contribution < 1.29 is 74.3 Å². The normalized spacial score (nSPS) is 20.2. The Morgan fingerprint density at radius 1 is 0.604 bits per heavy atom. The molecule has 4 aromatic carbocycles. The first-order chi connectivity index (χ1) is 24.5. The highest BCUT2D eigenvalue weighted by Crippen LogP contribution is 2.78. The molecule has 0 aromatic heterocycles. The van der Waals surface area contributed by atoms with Crippen molar-refractivity contribution in [2.45, 2.75) is 24.6 Å². The van der Waals surface area contributed by atoms with E-state index in [4.69, 9.17) is 0 Å². The summed E-state index contributed by atoms with van der Waals surface area (Å²) >= 11 is 3.08. The molecule has 0 amide bonds. The van der Waals surface area contributed by atoms with Crippen LogP contribution in [0, 0.1) is 104 Å². The standard InChI is InChI=1S/C32H16BBrF15NO2S/c1-31(2)11-7-50(53(51,52)10-5-3-9(34)4-6-10)8-32(11,31)30(12-15(35)21(41)27(47)22(42)16(12)36)33(13-17(37)23(43)28(48)24(44)18(13)38)14-19(39)25(45)29(49)26(46)20(14)40/h3-6,11,30H,7-8H2,1-2H3. The maximum atomic E-state index is 16.0. The van der Waals surface area contributed by atoms with Crippen molar-refractivity contribution in [3.8, 4) is 0 Å². The van der Waals surface area contributed by atoms with Gasteiger partial charge in [-0.25, -0.2) is 74.3 Å². The van der Waals surface area contributed by atoms with Gasteiger partial charge in [-0.3, -0.25) is 0 Å². The number of benzene rings is 4. The third-order valence-corrected chi connectivity index (χ3v) is 12.8. The summed E-state index contributed by atoms with van der Waals surface area (Å²) in [5, 5.41) is 0. The second-order valence-electron chi connectivity index (χ2n) is 13.0. The predicted molar refractivity (Wildman–Crippen MR) is 159 cm³/mol. The fraction of sp³-hybridized carbons (Fsp3) is 0.250. The molecule has 0 radical (unpaired) electrons. The number of rotatable bonds is 7. The van der Waals surface area contributed by atoms with Crippen LogP contribution in [0.3, 0.4) is 0 Å². The van der Waals surface area contributed by atoms with Gasteiger partial charge in [0, 0.05) is 34.1 Å². The maximum absolute atomic E-state index is 16.0. The van der Waals surface area contributed by atoms with Crippen LogP contribution >= 0.6 is 15.9 Å². The first kappa shape index (κ1) is 39.0. The highest BCUT2D eigenvalue weighted by atomic mass is 79.9. The summed E-state index contributed by atoms with van der Waals surface area (Å²) < 4.78 is 256. The van der Waals surface area contributed by atoms with E-state index in [0.29, 0.717) is 8.78 Å². The molecule has 2 aliphatic rings. The van der Waals surface area contributed by atoms with Crippen LogP contribution in [0.4, 0.5) is 65.9 Å². The van der Waals surface area contributed by atoms with Crippen LogP contribution in [0.5, 0.6) is 0 Å². The number of hydrogen-bond donors (Lipinski definition) is 0. The number of hydrogen-bond acceptors (Lipinski definition) is 2. The fourth-order valence-electron chi connectivity index (χ4n) is 7.81. The van der Waals surface area contributed by atoms with Gasteiger partial charge in [-0.1, -0.05) is 29.8 Å². The molecule has 6 rings (SSSR count). The van der Waals surface area contributed by atoms with Gasteiger partial charge in [0.2, 0.25) is 22.6 Å². The van der Waals surface area contributed by atoms with Crippen LogP contribution in [0.25, 0.3) is 0 Å². The van der Waals surface area contributed by atoms with E-state index in [1.165, 1.54) is 12.1 Å². The van der Waals surface area contributed by atoms with E-state index in [9.17, 15) is 47.9 Å². The molecule has 3 unspecified atom stereocenters. The molecule has 0 N–H and O–H groups in total. The summed E-state index contributed by atoms with van der Waals surface area (Å²) in [4.78, 5) is -0.473. The molecule has 1 aliphatic carbocycles. The van der Waals surface area contributed by atoms with Gasteiger partial charge in [-0.15, -0.1) is 0 Å². The van der Waals surface area contributed by atoms with E-state index in [1.807, 2.05) is 0 Å². The zero-order chi connectivity index (χ0) is 39.6. The van der Waals surface area contributed by atoms with Crippen molar-refractivity contribution in [2.75, 3.05) is 13.1 Å². The zero-order valence-electron chi connectivity index (χ0n) is 26.2. The number of piperidine rings is 1. The smallest absolute Gasteiger partial charge is 0.207 e. The van der Waals surface area contributed by atoms with Crippen LogP contribution in [0.15, 0.2) is 33.6 Å². The molecule has 53 heavy (non-hydrogen) atoms. The van der Waals surface area contributed by atoms with Crippen molar-refractivity contribution in [3.05, 3.63) is 122 Å². The molecule has 1 aliphatic heterocycles. The Balaban J connectivity index is 1.79. The minimum Gasteiger partial charge on any atom is -0.207 e. The molecule has 0 spiro atoms. The van der Waals surface area contributed by atoms with Crippen LogP contribution < -0.4 is 10.9 Å². The second-order valence-corrected chi connectivity index (χ2v) is 15.8. The number of sulfonamides is 1. The van der Waals surface area contributed by atoms with Gasteiger partial charge in [-0.05, 0) is 46.8 Å². The second kappa shape index (κ2) is 12.7. The molecule has 0 bridgehead atoms. The average molecular weight is 854 g/mol. The molecular formula is C32H16BBrF15NO2S. The lowest BCUT2D eigenvalue weighted by Gasteiger charge is -2.37. The summed E-state index contributed by atoms with van der Waals surface area (Å²) in [6.07, 6.45) is 0. The molecule has 1 saturated heterocycles. The van der Waals surface area contributed by atoms with Crippen molar-refractivity contribution in [1.29, 1.82) is 0 Å². The van der Waals surface area contributed by atoms with E-state index >= 15 is 26.3 Å². The van der Waals surface area contributed by atoms with Crippen LogP contribution in [0.2, 0.25) is 0 Å². The van der Waals surface area contributed by atoms with E-state index in [-0.39, 0.29) is 0 Å². The molecule has 21 heteroatoms. The van der Waals surface area contributed by atoms with Gasteiger partial charge >= 0.3 is 0 Å². The lowest BCUT2D eigenvalue weighted by atomic mass is 9.29. The predicted octanol–water partition coefficient (Wildman–Crippen LogP) is 7.81. The number of fused-ring (bicyclic) bond motifs is 1. The zero-order valence-corrected chi connectivity index (χ0v) is 28.6. The fourth-order valence-corrected chi connectivity index (χ4v) is 9.58. The van der Waals surface area contributed by atoms with Gasteiger partial charge in [-0.2, -0.15) is 4.31 Å². The van der Waals surface area contributed by atoms with E-state index < -0.39 is 161 Å². The molecule has 3 nitrogen and oxygen atoms in total. The SMILES string of the molecule is CC1(C)C2CN(S(=O)(=O)c3ccc(Br)cc3)CC21C(B(c1c(F)c(F)c(F)c(F)c1F)c1c(F)c(F)c(F)c(F)c1F)c1c(F)c(F)c(F)c(F)c1F. The first-order valence-electron chi connectivity index (χ1n) is 14.8. The number of nitrogens with zero attached hydrogens (tertiary/aromatic N) is 1. The highest BCUT2D eigenvalue weighted by Gasteiger charge is 2.80. The van der Waals surface area contributed by atoms with Gasteiger partial charge in [0.1, 0.15) is 0 Å². The van der Waals surface area contributed by atoms with Crippen molar-refractivity contribution in [1.82, 2.24) is 4.31 Å². The Kier molecular flexibility index (Phi) is 9.33. The Bertz CT molecular complexity index is 2210. The van der Waals surface area contributed by atoms with Gasteiger partial charge in [0.15, 0.2) is 81.4 Å². The Morgan fingerprint density at radius 3 is 1.32 bits per heavy atom. The molecule has 4 aromatic rings. The largest absolute Gasteiger partial charge is 0.243 e. The number of halogens is 16. The minimum atomic E-state index is -4.75. The average Bonchev–Trinajstić information content (AvgIpc) is 3.36. The van der Waals surface area contributed by atoms with Crippen molar-refractivity contribution in [3.63, 3.8) is 0 Å². The van der Waals surface area contributed by atoms with Crippen LogP contribution in [-0.4, -0.2) is 32.5 Å². The highest BCUT2D eigenvalue weighted by molar-refractivity contribution is 9.10. The Hall–Kier alpha value is -3.72. The van der Waals surface area contributed by atoms with E-state index in [1.54, 1.807) is 0 Å². The van der Waals surface area contributed by atoms with Crippen LogP contribution in [0.1, 0.15) is 25.2 Å². The minimum absolute atomic E-state index is 0.373. The molecule has 3 atom stereocenters. The topological polar surface area (TPSA) is 37.4 Å². The summed E-state index contributed by atoms with van der Waals surface area (Å²) in [5.41, 5.74) is -11.6. The third-order valence-electron chi connectivity index (χ3n) is 10.4.